The van der Waals surface area contributed by atoms with Crippen LogP contribution in [-0.2, 0) is 4.84 Å². The number of hydrogen-bond donors (Lipinski definition) is 1. The summed E-state index contributed by atoms with van der Waals surface area (Å²) in [6.45, 7) is 2.60. The van der Waals surface area contributed by atoms with Gasteiger partial charge in [-0.3, -0.25) is 9.63 Å². The Hall–Kier alpha value is -1.81. The molecule has 2 rings (SSSR count). The van der Waals surface area contributed by atoms with E-state index >= 15 is 0 Å². The van der Waals surface area contributed by atoms with Gasteiger partial charge in [-0.2, -0.15) is 0 Å². The van der Waals surface area contributed by atoms with Gasteiger partial charge >= 0.3 is 0 Å². The van der Waals surface area contributed by atoms with Crippen LogP contribution in [0.1, 0.15) is 30.1 Å². The van der Waals surface area contributed by atoms with E-state index in [1.54, 1.807) is 24.5 Å². The second-order valence-corrected chi connectivity index (χ2v) is 3.81. The topological polar surface area (TPSA) is 51.5 Å². The molecular weight excluding hydrogens is 218 g/mol. The van der Waals surface area contributed by atoms with Crippen LogP contribution >= 0.6 is 0 Å². The maximum Gasteiger partial charge on any atom is 0.274 e. The van der Waals surface area contributed by atoms with Gasteiger partial charge in [0.2, 0.25) is 0 Å². The Morgan fingerprint density at radius 2 is 2.35 bits per heavy atom. The summed E-state index contributed by atoms with van der Waals surface area (Å²) in [7, 11) is 0. The summed E-state index contributed by atoms with van der Waals surface area (Å²) in [5, 5.41) is 0. The van der Waals surface area contributed by atoms with Gasteiger partial charge in [-0.25, -0.2) is 5.48 Å². The minimum Gasteiger partial charge on any atom is -0.464 e. The van der Waals surface area contributed by atoms with Crippen LogP contribution in [0.4, 0.5) is 0 Å². The van der Waals surface area contributed by atoms with Gasteiger partial charge in [0, 0.05) is 11.1 Å². The van der Waals surface area contributed by atoms with Crippen molar-refractivity contribution in [1.82, 2.24) is 5.48 Å². The van der Waals surface area contributed by atoms with Crippen LogP contribution < -0.4 is 5.48 Å². The molecule has 1 aliphatic carbocycles. The Kier molecular flexibility index (Phi) is 3.77. The van der Waals surface area contributed by atoms with Crippen molar-refractivity contribution in [3.05, 3.63) is 36.1 Å². The van der Waals surface area contributed by atoms with E-state index in [1.807, 2.05) is 6.07 Å². The average Bonchev–Trinajstić information content (AvgIpc) is 2.78. The van der Waals surface area contributed by atoms with Gasteiger partial charge in [0.25, 0.3) is 5.91 Å². The minimum absolute atomic E-state index is 0.243. The third kappa shape index (κ3) is 2.85. The van der Waals surface area contributed by atoms with Crippen LogP contribution in [-0.4, -0.2) is 12.5 Å². The molecule has 0 saturated heterocycles. The minimum atomic E-state index is -0.243. The molecule has 0 bridgehead atoms. The lowest BCUT2D eigenvalue weighted by Gasteiger charge is -2.02. The van der Waals surface area contributed by atoms with Gasteiger partial charge in [-0.1, -0.05) is 13.3 Å². The Balaban J connectivity index is 1.97. The molecule has 0 radical (unpaired) electrons. The maximum atomic E-state index is 11.7. The first-order chi connectivity index (χ1) is 8.31. The van der Waals surface area contributed by atoms with E-state index in [-0.39, 0.29) is 5.91 Å². The molecule has 0 spiro atoms. The molecule has 1 heterocycles. The summed E-state index contributed by atoms with van der Waals surface area (Å²) in [6.07, 6.45) is 3.55. The molecule has 0 aromatic rings. The number of carbonyl (C=O) groups excluding carboxylic acids is 1. The van der Waals surface area contributed by atoms with Crippen molar-refractivity contribution in [2.24, 2.45) is 0 Å². The number of hydrogen-bond acceptors (Lipinski definition) is 3. The molecule has 0 saturated carbocycles. The number of carbonyl (C=O) groups is 1. The SMILES string of the molecule is CCCCONC(=O)c1cc2cccoc-2c1. The maximum absolute atomic E-state index is 11.7. The Labute approximate surface area is 99.9 Å². The van der Waals surface area contributed by atoms with Gasteiger partial charge in [0.05, 0.1) is 12.9 Å². The van der Waals surface area contributed by atoms with Gasteiger partial charge in [0.1, 0.15) is 5.76 Å². The molecule has 0 unspecified atom stereocenters. The third-order valence-corrected chi connectivity index (χ3v) is 2.46. The van der Waals surface area contributed by atoms with Gasteiger partial charge < -0.3 is 4.42 Å². The smallest absolute Gasteiger partial charge is 0.274 e. The fourth-order valence-corrected chi connectivity index (χ4v) is 1.52. The second kappa shape index (κ2) is 5.50. The highest BCUT2D eigenvalue weighted by atomic mass is 16.6. The van der Waals surface area contributed by atoms with E-state index in [2.05, 4.69) is 12.4 Å². The summed E-state index contributed by atoms with van der Waals surface area (Å²) < 4.78 is 5.26. The fourth-order valence-electron chi connectivity index (χ4n) is 1.52. The number of unbranched alkanes of at least 4 members (excludes halogenated alkanes) is 1. The number of hydroxylamine groups is 1. The van der Waals surface area contributed by atoms with E-state index in [0.29, 0.717) is 17.9 Å². The van der Waals surface area contributed by atoms with E-state index in [9.17, 15) is 4.79 Å². The van der Waals surface area contributed by atoms with Crippen molar-refractivity contribution in [2.45, 2.75) is 19.8 Å². The largest absolute Gasteiger partial charge is 0.464 e. The van der Waals surface area contributed by atoms with E-state index < -0.39 is 0 Å². The Bertz CT molecular complexity index is 434. The summed E-state index contributed by atoms with van der Waals surface area (Å²) in [4.78, 5) is 16.8. The number of nitrogens with one attached hydrogen (secondary N) is 1. The van der Waals surface area contributed by atoms with Gasteiger partial charge in [-0.05, 0) is 30.7 Å². The van der Waals surface area contributed by atoms with E-state index in [4.69, 9.17) is 9.25 Å². The zero-order chi connectivity index (χ0) is 12.1. The fraction of sp³-hybridized carbons (Fsp3) is 0.308. The summed E-state index contributed by atoms with van der Waals surface area (Å²) >= 11 is 0. The van der Waals surface area contributed by atoms with Crippen LogP contribution in [0.5, 0.6) is 0 Å². The first kappa shape index (κ1) is 11.7. The van der Waals surface area contributed by atoms with E-state index in [0.717, 1.165) is 18.4 Å². The Morgan fingerprint density at radius 3 is 3.12 bits per heavy atom. The van der Waals surface area contributed by atoms with Gasteiger partial charge in [0.15, 0.2) is 0 Å². The van der Waals surface area contributed by atoms with Crippen molar-refractivity contribution < 1.29 is 14.0 Å². The lowest BCUT2D eigenvalue weighted by Crippen LogP contribution is -2.23. The average molecular weight is 233 g/mol. The van der Waals surface area contributed by atoms with Crippen molar-refractivity contribution in [3.8, 4) is 11.3 Å². The molecule has 0 aromatic carbocycles. The molecule has 90 valence electrons. The van der Waals surface area contributed by atoms with Crippen molar-refractivity contribution in [2.75, 3.05) is 6.61 Å². The van der Waals surface area contributed by atoms with Gasteiger partial charge in [-0.15, -0.1) is 0 Å². The van der Waals surface area contributed by atoms with Crippen LogP contribution in [0.25, 0.3) is 11.3 Å². The van der Waals surface area contributed by atoms with Crippen LogP contribution in [0.2, 0.25) is 0 Å². The normalized spacial score (nSPS) is 10.6. The molecule has 4 heteroatoms. The first-order valence-corrected chi connectivity index (χ1v) is 5.70. The number of rotatable bonds is 5. The molecule has 17 heavy (non-hydrogen) atoms. The summed E-state index contributed by atoms with van der Waals surface area (Å²) in [6, 6.07) is 7.17. The second-order valence-electron chi connectivity index (χ2n) is 3.81. The van der Waals surface area contributed by atoms with Crippen LogP contribution in [0.3, 0.4) is 0 Å². The predicted molar refractivity (Wildman–Crippen MR) is 63.7 cm³/mol. The quantitative estimate of drug-likeness (QED) is 0.638. The predicted octanol–water partition coefficient (Wildman–Crippen LogP) is 2.85. The molecule has 1 amide bonds. The standard InChI is InChI=1S/C13H15NO3/c1-2-3-7-17-14-13(15)11-8-10-5-4-6-16-12(10)9-11/h4-6,8-9H,2-3,7H2,1H3,(H,14,15). The molecule has 0 aromatic heterocycles. The monoisotopic (exact) mass is 233 g/mol. The molecule has 1 aliphatic heterocycles. The molecule has 4 nitrogen and oxygen atoms in total. The Morgan fingerprint density at radius 1 is 1.47 bits per heavy atom. The van der Waals surface area contributed by atoms with Crippen molar-refractivity contribution in [1.29, 1.82) is 0 Å². The number of fused-ring (bicyclic) bond motifs is 1. The lowest BCUT2D eigenvalue weighted by molar-refractivity contribution is 0.0302. The highest BCUT2D eigenvalue weighted by molar-refractivity contribution is 5.96. The highest BCUT2D eigenvalue weighted by Gasteiger charge is 2.13. The third-order valence-electron chi connectivity index (χ3n) is 2.46. The molecule has 0 atom stereocenters. The zero-order valence-electron chi connectivity index (χ0n) is 9.73. The lowest BCUT2D eigenvalue weighted by atomic mass is 10.2. The van der Waals surface area contributed by atoms with Crippen LogP contribution in [0.15, 0.2) is 34.9 Å². The number of amides is 1. The van der Waals surface area contributed by atoms with Crippen molar-refractivity contribution in [3.63, 3.8) is 0 Å². The molecule has 1 N–H and O–H groups in total. The highest BCUT2D eigenvalue weighted by Crippen LogP contribution is 2.25. The summed E-state index contributed by atoms with van der Waals surface area (Å²) in [5.41, 5.74) is 3.87. The molecule has 2 aliphatic rings. The molecule has 0 fully saturated rings. The van der Waals surface area contributed by atoms with E-state index in [1.165, 1.54) is 0 Å². The summed E-state index contributed by atoms with van der Waals surface area (Å²) in [5.74, 6) is 0.457. The molecular formula is C13H15NO3. The first-order valence-electron chi connectivity index (χ1n) is 5.70. The van der Waals surface area contributed by atoms with Crippen molar-refractivity contribution >= 4 is 5.91 Å². The van der Waals surface area contributed by atoms with Crippen LogP contribution in [0, 0.1) is 0 Å². The zero-order valence-corrected chi connectivity index (χ0v) is 9.73.